The first kappa shape index (κ1) is 14.9. The van der Waals surface area contributed by atoms with Crippen molar-refractivity contribution in [3.05, 3.63) is 0 Å². The van der Waals surface area contributed by atoms with Gasteiger partial charge in [0.05, 0.1) is 0 Å². The molecule has 0 radical (unpaired) electrons. The molecular weight excluding hydrogens is 224 g/mol. The van der Waals surface area contributed by atoms with Gasteiger partial charge < -0.3 is 8.85 Å². The van der Waals surface area contributed by atoms with Gasteiger partial charge in [0.25, 0.3) is 5.97 Å². The second-order valence-corrected chi connectivity index (χ2v) is 14.6. The van der Waals surface area contributed by atoms with E-state index in [1.54, 1.807) is 0 Å². The van der Waals surface area contributed by atoms with Gasteiger partial charge in [-0.25, -0.2) is 0 Å². The van der Waals surface area contributed by atoms with Crippen molar-refractivity contribution < 1.29 is 13.6 Å². The summed E-state index contributed by atoms with van der Waals surface area (Å²) < 4.78 is 11.0. The largest absolute Gasteiger partial charge is 0.520 e. The molecule has 0 saturated carbocycles. The minimum absolute atomic E-state index is 0.0756. The lowest BCUT2D eigenvalue weighted by Gasteiger charge is -2.19. The van der Waals surface area contributed by atoms with Gasteiger partial charge in [0.15, 0.2) is 8.32 Å². The third kappa shape index (κ3) is 11.8. The SMILES string of the molecule is C[Si](C)(C)OCCCC(=O)O[Si](C)(C)C. The molecule has 0 unspecified atom stereocenters. The minimum Gasteiger partial charge on any atom is -0.520 e. The summed E-state index contributed by atoms with van der Waals surface area (Å²) in [4.78, 5) is 11.4. The van der Waals surface area contributed by atoms with Crippen LogP contribution < -0.4 is 0 Å². The van der Waals surface area contributed by atoms with Crippen molar-refractivity contribution in [1.29, 1.82) is 0 Å². The van der Waals surface area contributed by atoms with Crippen molar-refractivity contribution in [1.82, 2.24) is 0 Å². The van der Waals surface area contributed by atoms with Gasteiger partial charge in [-0.2, -0.15) is 0 Å². The maximum absolute atomic E-state index is 11.4. The number of rotatable bonds is 6. The molecule has 0 aromatic rings. The van der Waals surface area contributed by atoms with Crippen LogP contribution in [0, 0.1) is 0 Å². The van der Waals surface area contributed by atoms with Crippen LogP contribution in [0.1, 0.15) is 12.8 Å². The van der Waals surface area contributed by atoms with Crippen LogP contribution in [0.15, 0.2) is 0 Å². The van der Waals surface area contributed by atoms with E-state index in [1.807, 2.05) is 19.6 Å². The minimum atomic E-state index is -1.70. The molecule has 5 heteroatoms. The third-order valence-corrected chi connectivity index (χ3v) is 3.39. The monoisotopic (exact) mass is 248 g/mol. The molecule has 0 saturated heterocycles. The Morgan fingerprint density at radius 3 is 1.93 bits per heavy atom. The summed E-state index contributed by atoms with van der Waals surface area (Å²) in [6.45, 7) is 13.2. The van der Waals surface area contributed by atoms with Gasteiger partial charge in [-0.1, -0.05) is 0 Å². The van der Waals surface area contributed by atoms with E-state index in [1.165, 1.54) is 0 Å². The van der Waals surface area contributed by atoms with Gasteiger partial charge in [0.1, 0.15) is 0 Å². The van der Waals surface area contributed by atoms with Crippen molar-refractivity contribution >= 4 is 22.6 Å². The maximum Gasteiger partial charge on any atom is 0.292 e. The Kier molecular flexibility index (Phi) is 5.76. The molecule has 0 N–H and O–H groups in total. The Morgan fingerprint density at radius 1 is 1.00 bits per heavy atom. The fourth-order valence-electron chi connectivity index (χ4n) is 0.987. The Hall–Kier alpha value is -0.136. The van der Waals surface area contributed by atoms with E-state index >= 15 is 0 Å². The van der Waals surface area contributed by atoms with Gasteiger partial charge in [-0.3, -0.25) is 4.79 Å². The molecule has 0 amide bonds. The van der Waals surface area contributed by atoms with E-state index < -0.39 is 16.6 Å². The van der Waals surface area contributed by atoms with E-state index in [9.17, 15) is 4.79 Å². The summed E-state index contributed by atoms with van der Waals surface area (Å²) in [5, 5.41) is 0. The highest BCUT2D eigenvalue weighted by Crippen LogP contribution is 2.07. The first-order valence-corrected chi connectivity index (χ1v) is 12.3. The molecule has 0 aliphatic heterocycles. The van der Waals surface area contributed by atoms with E-state index in [2.05, 4.69) is 19.6 Å². The topological polar surface area (TPSA) is 35.5 Å². The molecule has 3 nitrogen and oxygen atoms in total. The molecule has 0 aliphatic carbocycles. The summed E-state index contributed by atoms with van der Waals surface area (Å²) in [6, 6.07) is 0. The highest BCUT2D eigenvalue weighted by molar-refractivity contribution is 6.71. The molecule has 0 aromatic heterocycles. The van der Waals surface area contributed by atoms with E-state index in [-0.39, 0.29) is 5.97 Å². The average molecular weight is 248 g/mol. The molecule has 0 rings (SSSR count). The van der Waals surface area contributed by atoms with Crippen LogP contribution in [0.25, 0.3) is 0 Å². The summed E-state index contributed by atoms with van der Waals surface area (Å²) in [7, 11) is -3.12. The van der Waals surface area contributed by atoms with Crippen molar-refractivity contribution in [3.8, 4) is 0 Å². The lowest BCUT2D eigenvalue weighted by atomic mass is 10.3. The molecule has 0 heterocycles. The summed E-state index contributed by atoms with van der Waals surface area (Å²) >= 11 is 0. The molecule has 0 fully saturated rings. The number of hydrogen-bond donors (Lipinski definition) is 0. The molecule has 0 atom stereocenters. The second kappa shape index (κ2) is 5.81. The fraction of sp³-hybridized carbons (Fsp3) is 0.900. The number of carbonyl (C=O) groups is 1. The standard InChI is InChI=1S/C10H24O3Si2/c1-14(2,3)12-9-7-8-10(11)13-15(4,5)6/h7-9H2,1-6H3. The smallest absolute Gasteiger partial charge is 0.292 e. The first-order chi connectivity index (χ1) is 6.60. The lowest BCUT2D eigenvalue weighted by Crippen LogP contribution is -2.29. The second-order valence-electron chi connectivity index (χ2n) is 5.65. The van der Waals surface area contributed by atoms with Crippen molar-refractivity contribution in [2.45, 2.75) is 52.1 Å². The number of hydrogen-bond acceptors (Lipinski definition) is 3. The Balaban J connectivity index is 3.57. The van der Waals surface area contributed by atoms with Gasteiger partial charge >= 0.3 is 0 Å². The first-order valence-electron chi connectivity index (χ1n) is 5.46. The average Bonchev–Trinajstić information content (AvgIpc) is 1.92. The van der Waals surface area contributed by atoms with Gasteiger partial charge in [-0.15, -0.1) is 0 Å². The van der Waals surface area contributed by atoms with E-state index in [0.29, 0.717) is 13.0 Å². The zero-order valence-electron chi connectivity index (χ0n) is 10.8. The molecule has 0 aromatic carbocycles. The third-order valence-electron chi connectivity index (χ3n) is 1.48. The van der Waals surface area contributed by atoms with E-state index in [4.69, 9.17) is 8.85 Å². The van der Waals surface area contributed by atoms with Crippen LogP contribution in [-0.4, -0.2) is 29.2 Å². The van der Waals surface area contributed by atoms with Crippen LogP contribution in [0.2, 0.25) is 39.3 Å². The van der Waals surface area contributed by atoms with Crippen LogP contribution in [-0.2, 0) is 13.6 Å². The molecule has 15 heavy (non-hydrogen) atoms. The van der Waals surface area contributed by atoms with Crippen LogP contribution in [0.3, 0.4) is 0 Å². The predicted octanol–water partition coefficient (Wildman–Crippen LogP) is 3.00. The molecule has 0 aliphatic rings. The molecular formula is C10H24O3Si2. The molecule has 0 bridgehead atoms. The summed E-state index contributed by atoms with van der Waals surface area (Å²) in [5.74, 6) is -0.0756. The number of carbonyl (C=O) groups excluding carboxylic acids is 1. The van der Waals surface area contributed by atoms with Gasteiger partial charge in [0, 0.05) is 13.0 Å². The van der Waals surface area contributed by atoms with Crippen LogP contribution in [0.4, 0.5) is 0 Å². The normalized spacial score (nSPS) is 12.7. The lowest BCUT2D eigenvalue weighted by molar-refractivity contribution is -0.135. The van der Waals surface area contributed by atoms with E-state index in [0.717, 1.165) is 6.42 Å². The summed E-state index contributed by atoms with van der Waals surface area (Å²) in [5.41, 5.74) is 0. The highest BCUT2D eigenvalue weighted by Gasteiger charge is 2.19. The maximum atomic E-state index is 11.4. The Labute approximate surface area is 95.4 Å². The Morgan fingerprint density at radius 2 is 1.53 bits per heavy atom. The van der Waals surface area contributed by atoms with Gasteiger partial charge in [-0.05, 0) is 45.7 Å². The van der Waals surface area contributed by atoms with Crippen molar-refractivity contribution in [2.75, 3.05) is 6.61 Å². The van der Waals surface area contributed by atoms with Crippen LogP contribution in [0.5, 0.6) is 0 Å². The molecule has 0 spiro atoms. The zero-order chi connectivity index (χ0) is 12.1. The Bertz CT molecular complexity index is 204. The van der Waals surface area contributed by atoms with Crippen molar-refractivity contribution in [2.24, 2.45) is 0 Å². The highest BCUT2D eigenvalue weighted by atomic mass is 28.4. The fourth-order valence-corrected chi connectivity index (χ4v) is 2.53. The summed E-state index contributed by atoms with van der Waals surface area (Å²) in [6.07, 6.45) is 1.25. The van der Waals surface area contributed by atoms with Crippen molar-refractivity contribution in [3.63, 3.8) is 0 Å². The molecule has 90 valence electrons. The predicted molar refractivity (Wildman–Crippen MR) is 68.0 cm³/mol. The van der Waals surface area contributed by atoms with Crippen LogP contribution >= 0.6 is 0 Å². The quantitative estimate of drug-likeness (QED) is 0.535. The van der Waals surface area contributed by atoms with Gasteiger partial charge in [0.2, 0.25) is 8.32 Å². The zero-order valence-corrected chi connectivity index (χ0v) is 12.8.